The average Bonchev–Trinajstić information content (AvgIpc) is 1.85. The van der Waals surface area contributed by atoms with Crippen LogP contribution in [0.5, 0.6) is 0 Å². The minimum Gasteiger partial charge on any atom is -0.412 e. The molecule has 0 amide bonds. The molecule has 0 fully saturated rings. The molecule has 0 spiro atoms. The molecule has 13 heavy (non-hydrogen) atoms. The van der Waals surface area contributed by atoms with Gasteiger partial charge in [0.1, 0.15) is 0 Å². The Bertz CT molecular complexity index is 218. The smallest absolute Gasteiger partial charge is 0.0138 e. The van der Waals surface area contributed by atoms with Gasteiger partial charge in [0, 0.05) is 5.54 Å². The van der Waals surface area contributed by atoms with Crippen LogP contribution in [0.15, 0.2) is 30.3 Å². The van der Waals surface area contributed by atoms with Crippen LogP contribution in [0.1, 0.15) is 19.4 Å². The topological polar surface area (TPSA) is 57.5 Å². The fourth-order valence-corrected chi connectivity index (χ4v) is 1.12. The molecule has 1 rings (SSSR count). The summed E-state index contributed by atoms with van der Waals surface area (Å²) >= 11 is 0. The number of hydrogen-bond donors (Lipinski definition) is 1. The van der Waals surface area contributed by atoms with Crippen molar-refractivity contribution in [2.24, 2.45) is 5.73 Å². The Morgan fingerprint density at radius 1 is 1.15 bits per heavy atom. The maximum atomic E-state index is 5.87. The quantitative estimate of drug-likeness (QED) is 0.780. The Morgan fingerprint density at radius 3 is 2.00 bits per heavy atom. The predicted octanol–water partition coefficient (Wildman–Crippen LogP) is 1.56. The van der Waals surface area contributed by atoms with Crippen molar-refractivity contribution in [3.05, 3.63) is 35.9 Å². The van der Waals surface area contributed by atoms with Gasteiger partial charge in [-0.05, 0) is 25.8 Å². The van der Waals surface area contributed by atoms with Crippen LogP contribution in [-0.2, 0) is 6.42 Å². The molecule has 0 aromatic heterocycles. The van der Waals surface area contributed by atoms with Gasteiger partial charge >= 0.3 is 0 Å². The molecule has 0 bridgehead atoms. The predicted molar refractivity (Wildman–Crippen MR) is 59.3 cm³/mol. The first-order chi connectivity index (χ1) is 5.08. The van der Waals surface area contributed by atoms with E-state index in [1.165, 1.54) is 5.56 Å². The molecule has 0 aliphatic rings. The number of halogens is 1. The number of nitrogens with two attached hydrogens (primary N) is 1. The first-order valence-electron chi connectivity index (χ1n) is 3.91. The lowest BCUT2D eigenvalue weighted by atomic mass is 9.96. The number of benzene rings is 1. The molecule has 0 atom stereocenters. The second-order valence-corrected chi connectivity index (χ2v) is 3.65. The maximum Gasteiger partial charge on any atom is 0.0138 e. The molecule has 0 saturated carbocycles. The summed E-state index contributed by atoms with van der Waals surface area (Å²) < 4.78 is 0. The highest BCUT2D eigenvalue weighted by Crippen LogP contribution is 2.08. The minimum atomic E-state index is -0.0959. The van der Waals surface area contributed by atoms with E-state index in [9.17, 15) is 0 Å². The normalized spacial score (nSPS) is 9.77. The standard InChI is InChI=1S/C10H15N.ClH.H2O/c1-10(2,11)8-9-6-4-3-5-7-9;;/h3-7H,8,11H2,1-2H3;1H;1H2. The summed E-state index contributed by atoms with van der Waals surface area (Å²) in [5, 5.41) is 0. The molecule has 3 heteroatoms. The summed E-state index contributed by atoms with van der Waals surface area (Å²) in [5.74, 6) is 0. The largest absolute Gasteiger partial charge is 0.412 e. The number of rotatable bonds is 2. The van der Waals surface area contributed by atoms with Crippen molar-refractivity contribution in [2.75, 3.05) is 0 Å². The van der Waals surface area contributed by atoms with Crippen molar-refractivity contribution < 1.29 is 5.48 Å². The Labute approximate surface area is 85.9 Å². The summed E-state index contributed by atoms with van der Waals surface area (Å²) in [4.78, 5) is 0. The molecule has 2 nitrogen and oxygen atoms in total. The summed E-state index contributed by atoms with van der Waals surface area (Å²) in [5.41, 5.74) is 7.08. The van der Waals surface area contributed by atoms with Crippen LogP contribution in [0.2, 0.25) is 0 Å². The van der Waals surface area contributed by atoms with E-state index in [0.717, 1.165) is 6.42 Å². The molecule has 0 radical (unpaired) electrons. The Morgan fingerprint density at radius 2 is 1.62 bits per heavy atom. The second-order valence-electron chi connectivity index (χ2n) is 3.65. The highest BCUT2D eigenvalue weighted by Gasteiger charge is 2.10. The van der Waals surface area contributed by atoms with Crippen molar-refractivity contribution in [1.82, 2.24) is 0 Å². The van der Waals surface area contributed by atoms with E-state index < -0.39 is 0 Å². The van der Waals surface area contributed by atoms with Crippen molar-refractivity contribution >= 4 is 12.4 Å². The Balaban J connectivity index is 0. The lowest BCUT2D eigenvalue weighted by Gasteiger charge is -2.17. The van der Waals surface area contributed by atoms with Gasteiger partial charge in [-0.3, -0.25) is 0 Å². The maximum absolute atomic E-state index is 5.87. The molecule has 0 saturated heterocycles. The first-order valence-corrected chi connectivity index (χ1v) is 3.91. The zero-order valence-electron chi connectivity index (χ0n) is 8.08. The summed E-state index contributed by atoms with van der Waals surface area (Å²) in [6.07, 6.45) is 0.938. The zero-order chi connectivity index (χ0) is 8.32. The van der Waals surface area contributed by atoms with E-state index in [-0.39, 0.29) is 23.4 Å². The van der Waals surface area contributed by atoms with E-state index in [1.807, 2.05) is 32.0 Å². The highest BCUT2D eigenvalue weighted by atomic mass is 35.5. The van der Waals surface area contributed by atoms with Gasteiger partial charge in [0.15, 0.2) is 0 Å². The van der Waals surface area contributed by atoms with Crippen molar-refractivity contribution in [3.8, 4) is 0 Å². The molecule has 0 heterocycles. The summed E-state index contributed by atoms with van der Waals surface area (Å²) in [7, 11) is 0. The highest BCUT2D eigenvalue weighted by molar-refractivity contribution is 5.85. The van der Waals surface area contributed by atoms with E-state index in [4.69, 9.17) is 5.73 Å². The Kier molecular flexibility index (Phi) is 6.86. The third-order valence-corrected chi connectivity index (χ3v) is 1.50. The van der Waals surface area contributed by atoms with Crippen molar-refractivity contribution in [1.29, 1.82) is 0 Å². The van der Waals surface area contributed by atoms with Crippen molar-refractivity contribution in [3.63, 3.8) is 0 Å². The van der Waals surface area contributed by atoms with Gasteiger partial charge in [-0.1, -0.05) is 30.3 Å². The van der Waals surface area contributed by atoms with Crippen LogP contribution in [0.3, 0.4) is 0 Å². The van der Waals surface area contributed by atoms with Gasteiger partial charge in [0.2, 0.25) is 0 Å². The van der Waals surface area contributed by atoms with Gasteiger partial charge in [0.05, 0.1) is 0 Å². The van der Waals surface area contributed by atoms with Gasteiger partial charge in [-0.2, -0.15) is 0 Å². The van der Waals surface area contributed by atoms with E-state index in [0.29, 0.717) is 0 Å². The molecule has 0 unspecified atom stereocenters. The van der Waals surface area contributed by atoms with Crippen LogP contribution >= 0.6 is 12.4 Å². The molecule has 4 N–H and O–H groups in total. The molecule has 0 aliphatic heterocycles. The van der Waals surface area contributed by atoms with E-state index in [2.05, 4.69) is 12.1 Å². The Hall–Kier alpha value is -0.570. The van der Waals surface area contributed by atoms with E-state index >= 15 is 0 Å². The van der Waals surface area contributed by atoms with Gasteiger partial charge in [-0.25, -0.2) is 0 Å². The number of hydrogen-bond acceptors (Lipinski definition) is 1. The third-order valence-electron chi connectivity index (χ3n) is 1.50. The fourth-order valence-electron chi connectivity index (χ4n) is 1.12. The van der Waals surface area contributed by atoms with Gasteiger partial charge in [0.25, 0.3) is 0 Å². The van der Waals surface area contributed by atoms with Gasteiger partial charge in [-0.15, -0.1) is 12.4 Å². The SMILES string of the molecule is CC(C)(N)Cc1ccccc1.Cl.O. The van der Waals surface area contributed by atoms with Crippen LogP contribution in [0.25, 0.3) is 0 Å². The van der Waals surface area contributed by atoms with Crippen LogP contribution in [0, 0.1) is 0 Å². The minimum absolute atomic E-state index is 0. The zero-order valence-corrected chi connectivity index (χ0v) is 8.90. The molecular formula is C10H18ClNO. The molecule has 0 aliphatic carbocycles. The molecule has 1 aromatic rings. The lowest BCUT2D eigenvalue weighted by molar-refractivity contribution is 0.517. The monoisotopic (exact) mass is 203 g/mol. The van der Waals surface area contributed by atoms with Crippen LogP contribution in [0.4, 0.5) is 0 Å². The summed E-state index contributed by atoms with van der Waals surface area (Å²) in [6.45, 7) is 4.08. The van der Waals surface area contributed by atoms with Crippen LogP contribution in [-0.4, -0.2) is 11.0 Å². The fraction of sp³-hybridized carbons (Fsp3) is 0.400. The first kappa shape index (κ1) is 14.9. The van der Waals surface area contributed by atoms with E-state index in [1.54, 1.807) is 0 Å². The molecular weight excluding hydrogens is 186 g/mol. The molecule has 76 valence electrons. The van der Waals surface area contributed by atoms with Crippen molar-refractivity contribution in [2.45, 2.75) is 25.8 Å². The second kappa shape index (κ2) is 5.97. The third kappa shape index (κ3) is 6.58. The summed E-state index contributed by atoms with van der Waals surface area (Å²) in [6, 6.07) is 10.3. The average molecular weight is 204 g/mol. The molecule has 1 aromatic carbocycles. The van der Waals surface area contributed by atoms with Crippen LogP contribution < -0.4 is 5.73 Å². The lowest BCUT2D eigenvalue weighted by Crippen LogP contribution is -2.34. The van der Waals surface area contributed by atoms with Gasteiger partial charge < -0.3 is 11.2 Å².